The third kappa shape index (κ3) is 2.62. The van der Waals surface area contributed by atoms with Crippen LogP contribution in [0.3, 0.4) is 0 Å². The number of anilines is 2. The van der Waals surface area contributed by atoms with Gasteiger partial charge in [0.1, 0.15) is 17.5 Å². The van der Waals surface area contributed by atoms with Gasteiger partial charge in [-0.1, -0.05) is 20.3 Å². The first-order valence-corrected chi connectivity index (χ1v) is 6.12. The van der Waals surface area contributed by atoms with Crippen molar-refractivity contribution in [3.8, 4) is 0 Å². The number of rotatable bonds is 5. The maximum atomic E-state index is 5.73. The van der Waals surface area contributed by atoms with Crippen LogP contribution >= 0.6 is 0 Å². The highest BCUT2D eigenvalue weighted by atomic mass is 15.1. The number of nitrogen functional groups attached to an aromatic ring is 1. The van der Waals surface area contributed by atoms with Gasteiger partial charge in [-0.2, -0.15) is 0 Å². The van der Waals surface area contributed by atoms with E-state index in [1.165, 1.54) is 19.3 Å². The Kier molecular flexibility index (Phi) is 3.27. The summed E-state index contributed by atoms with van der Waals surface area (Å²) in [5, 5.41) is 3.44. The zero-order valence-electron chi connectivity index (χ0n) is 10.0. The summed E-state index contributed by atoms with van der Waals surface area (Å²) in [5.41, 5.74) is 5.73. The molecule has 0 spiro atoms. The second-order valence-electron chi connectivity index (χ2n) is 4.48. The minimum atomic E-state index is 0.557. The van der Waals surface area contributed by atoms with Gasteiger partial charge in [-0.15, -0.1) is 0 Å². The monoisotopic (exact) mass is 220 g/mol. The average molecular weight is 220 g/mol. The van der Waals surface area contributed by atoms with Gasteiger partial charge in [0.2, 0.25) is 0 Å². The van der Waals surface area contributed by atoms with Crippen molar-refractivity contribution in [2.75, 3.05) is 11.1 Å². The minimum absolute atomic E-state index is 0.557. The van der Waals surface area contributed by atoms with Crippen LogP contribution in [-0.2, 0) is 6.42 Å². The van der Waals surface area contributed by atoms with E-state index in [2.05, 4.69) is 22.2 Å². The van der Waals surface area contributed by atoms with E-state index in [-0.39, 0.29) is 0 Å². The second-order valence-corrected chi connectivity index (χ2v) is 4.48. The summed E-state index contributed by atoms with van der Waals surface area (Å²) in [6.45, 7) is 4.27. The third-order valence-corrected chi connectivity index (χ3v) is 3.02. The molecule has 1 aromatic rings. The summed E-state index contributed by atoms with van der Waals surface area (Å²) in [4.78, 5) is 8.59. The number of nitrogens with zero attached hydrogens (tertiary/aromatic N) is 2. The van der Waals surface area contributed by atoms with E-state index in [0.717, 1.165) is 24.0 Å². The predicted molar refractivity (Wildman–Crippen MR) is 66.2 cm³/mol. The highest BCUT2D eigenvalue weighted by Crippen LogP contribution is 2.36. The summed E-state index contributed by atoms with van der Waals surface area (Å²) in [6.07, 6.45) is 4.65. The average Bonchev–Trinajstić information content (AvgIpc) is 2.96. The van der Waals surface area contributed by atoms with Crippen molar-refractivity contribution in [1.29, 1.82) is 0 Å². The summed E-state index contributed by atoms with van der Waals surface area (Å²) < 4.78 is 0. The second kappa shape index (κ2) is 4.68. The molecule has 0 amide bonds. The molecular formula is C12H20N4. The van der Waals surface area contributed by atoms with Gasteiger partial charge in [-0.05, 0) is 18.8 Å². The van der Waals surface area contributed by atoms with Crippen LogP contribution in [0.4, 0.5) is 11.6 Å². The topological polar surface area (TPSA) is 63.8 Å². The third-order valence-electron chi connectivity index (χ3n) is 3.02. The molecule has 4 heteroatoms. The molecule has 1 aromatic heterocycles. The summed E-state index contributed by atoms with van der Waals surface area (Å²) in [5.74, 6) is 3.08. The molecule has 2 rings (SSSR count). The lowest BCUT2D eigenvalue weighted by Crippen LogP contribution is -2.09. The maximum absolute atomic E-state index is 5.73. The molecule has 1 saturated carbocycles. The summed E-state index contributed by atoms with van der Waals surface area (Å²) >= 11 is 0. The Hall–Kier alpha value is -1.32. The van der Waals surface area contributed by atoms with Crippen LogP contribution in [0, 0.1) is 5.92 Å². The van der Waals surface area contributed by atoms with Crippen LogP contribution in [0.25, 0.3) is 0 Å². The Morgan fingerprint density at radius 3 is 2.94 bits per heavy atom. The number of aryl methyl sites for hydroxylation is 1. The lowest BCUT2D eigenvalue weighted by molar-refractivity contribution is 0.692. The van der Waals surface area contributed by atoms with Crippen molar-refractivity contribution in [1.82, 2.24) is 9.97 Å². The van der Waals surface area contributed by atoms with Crippen LogP contribution in [0.15, 0.2) is 6.07 Å². The Bertz CT molecular complexity index is 364. The van der Waals surface area contributed by atoms with Crippen molar-refractivity contribution < 1.29 is 0 Å². The summed E-state index contributed by atoms with van der Waals surface area (Å²) in [6, 6.07) is 2.42. The lowest BCUT2D eigenvalue weighted by atomic mass is 10.2. The summed E-state index contributed by atoms with van der Waals surface area (Å²) in [7, 11) is 0. The Morgan fingerprint density at radius 1 is 1.44 bits per heavy atom. The molecule has 1 aliphatic rings. The van der Waals surface area contributed by atoms with E-state index < -0.39 is 0 Å². The van der Waals surface area contributed by atoms with Gasteiger partial charge in [-0.25, -0.2) is 9.97 Å². The van der Waals surface area contributed by atoms with Gasteiger partial charge in [0.25, 0.3) is 0 Å². The molecular weight excluding hydrogens is 200 g/mol. The fourth-order valence-corrected chi connectivity index (χ4v) is 2.05. The fourth-order valence-electron chi connectivity index (χ4n) is 2.05. The van der Waals surface area contributed by atoms with E-state index in [1.54, 1.807) is 0 Å². The first-order valence-electron chi connectivity index (χ1n) is 6.12. The Labute approximate surface area is 96.7 Å². The zero-order chi connectivity index (χ0) is 11.5. The van der Waals surface area contributed by atoms with Gasteiger partial charge < -0.3 is 11.1 Å². The van der Waals surface area contributed by atoms with Gasteiger partial charge in [0.05, 0.1) is 0 Å². The molecule has 2 atom stereocenters. The number of nitrogens with two attached hydrogens (primary N) is 1. The molecule has 3 N–H and O–H groups in total. The van der Waals surface area contributed by atoms with Crippen LogP contribution in [0.1, 0.15) is 38.9 Å². The Morgan fingerprint density at radius 2 is 2.25 bits per heavy atom. The Balaban J connectivity index is 1.97. The molecule has 0 aliphatic heterocycles. The van der Waals surface area contributed by atoms with Crippen LogP contribution in [0.5, 0.6) is 0 Å². The van der Waals surface area contributed by atoms with Gasteiger partial charge in [0.15, 0.2) is 0 Å². The normalized spacial score (nSPS) is 23.1. The van der Waals surface area contributed by atoms with E-state index in [9.17, 15) is 0 Å². The predicted octanol–water partition coefficient (Wildman–Crippen LogP) is 2.22. The number of aromatic nitrogens is 2. The number of hydrogen-bond acceptors (Lipinski definition) is 4. The molecule has 0 saturated heterocycles. The van der Waals surface area contributed by atoms with Crippen molar-refractivity contribution in [2.45, 2.75) is 45.6 Å². The lowest BCUT2D eigenvalue weighted by Gasteiger charge is -2.07. The molecule has 16 heavy (non-hydrogen) atoms. The van der Waals surface area contributed by atoms with Crippen molar-refractivity contribution in [2.24, 2.45) is 5.92 Å². The van der Waals surface area contributed by atoms with E-state index in [0.29, 0.717) is 11.9 Å². The number of hydrogen-bond donors (Lipinski definition) is 2. The van der Waals surface area contributed by atoms with Crippen molar-refractivity contribution >= 4 is 11.6 Å². The van der Waals surface area contributed by atoms with E-state index >= 15 is 0 Å². The van der Waals surface area contributed by atoms with Crippen LogP contribution in [0.2, 0.25) is 0 Å². The molecule has 1 aliphatic carbocycles. The minimum Gasteiger partial charge on any atom is -0.384 e. The highest BCUT2D eigenvalue weighted by molar-refractivity contribution is 5.46. The van der Waals surface area contributed by atoms with Gasteiger partial charge in [0, 0.05) is 18.5 Å². The quantitative estimate of drug-likeness (QED) is 0.798. The SMILES string of the molecule is CCCC1CC1Nc1cc(N)nc(CC)n1. The molecule has 0 bridgehead atoms. The molecule has 1 fully saturated rings. The maximum Gasteiger partial charge on any atom is 0.132 e. The molecule has 2 unspecified atom stereocenters. The highest BCUT2D eigenvalue weighted by Gasteiger charge is 2.36. The van der Waals surface area contributed by atoms with Gasteiger partial charge >= 0.3 is 0 Å². The molecule has 0 aromatic carbocycles. The largest absolute Gasteiger partial charge is 0.384 e. The van der Waals surface area contributed by atoms with E-state index in [4.69, 9.17) is 5.73 Å². The number of nitrogens with one attached hydrogen (secondary N) is 1. The first kappa shape index (κ1) is 11.2. The molecule has 1 heterocycles. The van der Waals surface area contributed by atoms with Crippen LogP contribution < -0.4 is 11.1 Å². The molecule has 88 valence electrons. The van der Waals surface area contributed by atoms with Gasteiger partial charge in [-0.3, -0.25) is 0 Å². The smallest absolute Gasteiger partial charge is 0.132 e. The molecule has 4 nitrogen and oxygen atoms in total. The first-order chi connectivity index (χ1) is 7.72. The fraction of sp³-hybridized carbons (Fsp3) is 0.667. The van der Waals surface area contributed by atoms with Crippen molar-refractivity contribution in [3.05, 3.63) is 11.9 Å². The zero-order valence-corrected chi connectivity index (χ0v) is 10.0. The van der Waals surface area contributed by atoms with Crippen LogP contribution in [-0.4, -0.2) is 16.0 Å². The molecule has 0 radical (unpaired) electrons. The standard InChI is InChI=1S/C12H20N4/c1-3-5-8-6-9(8)14-12-7-10(13)15-11(4-2)16-12/h7-9H,3-6H2,1-2H3,(H3,13,14,15,16). The van der Waals surface area contributed by atoms with E-state index in [1.807, 2.05) is 13.0 Å². The van der Waals surface area contributed by atoms with Crippen molar-refractivity contribution in [3.63, 3.8) is 0 Å².